The number of non-ortho nitro benzene ring substituents is 1. The summed E-state index contributed by atoms with van der Waals surface area (Å²) in [5.41, 5.74) is -0.880. The lowest BCUT2D eigenvalue weighted by atomic mass is 9.99. The number of nitriles is 1. The van der Waals surface area contributed by atoms with E-state index in [0.717, 1.165) is 12.1 Å². The van der Waals surface area contributed by atoms with Crippen molar-refractivity contribution in [3.8, 4) is 28.7 Å². The molecule has 10 nitrogen and oxygen atoms in total. The molecule has 2 rings (SSSR count). The number of aliphatic carboxylic acids is 1. The average molecular weight is 359 g/mol. The zero-order valence-corrected chi connectivity index (χ0v) is 13.7. The summed E-state index contributed by atoms with van der Waals surface area (Å²) in [7, 11) is 1.23. The van der Waals surface area contributed by atoms with Crippen LogP contribution < -0.4 is 15.0 Å². The van der Waals surface area contributed by atoms with Gasteiger partial charge in [0.15, 0.2) is 18.1 Å². The van der Waals surface area contributed by atoms with Gasteiger partial charge in [0.25, 0.3) is 11.2 Å². The zero-order chi connectivity index (χ0) is 19.4. The van der Waals surface area contributed by atoms with Crippen LogP contribution in [0.25, 0.3) is 11.1 Å². The van der Waals surface area contributed by atoms with Crippen LogP contribution in [-0.4, -0.2) is 34.7 Å². The van der Waals surface area contributed by atoms with Crippen molar-refractivity contribution in [3.05, 3.63) is 49.9 Å². The summed E-state index contributed by atoms with van der Waals surface area (Å²) in [5.74, 6) is -1.50. The summed E-state index contributed by atoms with van der Waals surface area (Å²) >= 11 is 0. The largest absolute Gasteiger partial charge is 0.493 e. The lowest BCUT2D eigenvalue weighted by molar-refractivity contribution is -0.384. The predicted molar refractivity (Wildman–Crippen MR) is 88.3 cm³/mol. The molecule has 0 spiro atoms. The van der Waals surface area contributed by atoms with Gasteiger partial charge in [-0.05, 0) is 13.0 Å². The highest BCUT2D eigenvalue weighted by Gasteiger charge is 2.23. The molecule has 1 heterocycles. The molecule has 134 valence electrons. The number of ether oxygens (including phenoxy) is 2. The van der Waals surface area contributed by atoms with E-state index in [-0.39, 0.29) is 33.9 Å². The Morgan fingerprint density at radius 3 is 2.62 bits per heavy atom. The van der Waals surface area contributed by atoms with Crippen molar-refractivity contribution in [2.75, 3.05) is 13.7 Å². The quantitative estimate of drug-likeness (QED) is 0.582. The number of methoxy groups -OCH3 is 1. The number of carboxylic acids is 1. The summed E-state index contributed by atoms with van der Waals surface area (Å²) < 4.78 is 10.3. The van der Waals surface area contributed by atoms with E-state index in [2.05, 4.69) is 4.98 Å². The normalized spacial score (nSPS) is 10.0. The molecule has 10 heteroatoms. The lowest BCUT2D eigenvalue weighted by Gasteiger charge is -2.15. The van der Waals surface area contributed by atoms with Crippen LogP contribution in [0.1, 0.15) is 11.3 Å². The second-order valence-corrected chi connectivity index (χ2v) is 5.15. The van der Waals surface area contributed by atoms with Crippen molar-refractivity contribution < 1.29 is 24.3 Å². The Labute approximate surface area is 146 Å². The molecule has 0 aliphatic heterocycles. The van der Waals surface area contributed by atoms with Gasteiger partial charge >= 0.3 is 5.97 Å². The smallest absolute Gasteiger partial charge is 0.341 e. The fraction of sp³-hybridized carbons (Fsp3) is 0.188. The van der Waals surface area contributed by atoms with Crippen molar-refractivity contribution in [2.45, 2.75) is 6.92 Å². The highest BCUT2D eigenvalue weighted by atomic mass is 16.6. The van der Waals surface area contributed by atoms with E-state index in [4.69, 9.17) is 14.6 Å². The maximum Gasteiger partial charge on any atom is 0.341 e. The third-order valence-electron chi connectivity index (χ3n) is 3.38. The maximum atomic E-state index is 12.0. The van der Waals surface area contributed by atoms with Gasteiger partial charge in [0.2, 0.25) is 0 Å². The van der Waals surface area contributed by atoms with Crippen molar-refractivity contribution in [3.63, 3.8) is 0 Å². The van der Waals surface area contributed by atoms with Gasteiger partial charge in [-0.15, -0.1) is 0 Å². The molecule has 0 saturated carbocycles. The first kappa shape index (κ1) is 18.5. The topological polar surface area (TPSA) is 156 Å². The fourth-order valence-corrected chi connectivity index (χ4v) is 2.34. The van der Waals surface area contributed by atoms with E-state index in [1.807, 2.05) is 0 Å². The van der Waals surface area contributed by atoms with Gasteiger partial charge in [0, 0.05) is 22.9 Å². The second kappa shape index (κ2) is 7.35. The molecule has 0 bridgehead atoms. The number of aromatic amines is 1. The Morgan fingerprint density at radius 2 is 2.08 bits per heavy atom. The van der Waals surface area contributed by atoms with Crippen LogP contribution in [0, 0.1) is 28.4 Å². The zero-order valence-electron chi connectivity index (χ0n) is 13.7. The summed E-state index contributed by atoms with van der Waals surface area (Å²) in [4.78, 5) is 35.9. The molecule has 0 saturated heterocycles. The van der Waals surface area contributed by atoms with Crippen LogP contribution in [0.5, 0.6) is 11.5 Å². The standard InChI is InChI=1S/C16H13N3O7/c1-8-3-10(12(6-17)16(22)18-8)11-4-9(19(23)24)5-13(25-2)15(11)26-7-14(20)21/h3-5H,7H2,1-2H3,(H,18,22)(H,20,21). The summed E-state index contributed by atoms with van der Waals surface area (Å²) in [6.07, 6.45) is 0. The van der Waals surface area contributed by atoms with E-state index in [1.54, 1.807) is 13.0 Å². The van der Waals surface area contributed by atoms with Gasteiger partial charge in [0.1, 0.15) is 11.6 Å². The number of nitrogens with zero attached hydrogens (tertiary/aromatic N) is 2. The number of carboxylic acid groups (broad SMARTS) is 1. The minimum absolute atomic E-state index is 0.00282. The molecule has 0 radical (unpaired) electrons. The second-order valence-electron chi connectivity index (χ2n) is 5.15. The number of hydrogen-bond donors (Lipinski definition) is 2. The van der Waals surface area contributed by atoms with E-state index in [0.29, 0.717) is 5.69 Å². The number of rotatable bonds is 6. The molecule has 1 aromatic heterocycles. The number of nitro benzene ring substituents is 1. The number of nitrogens with one attached hydrogen (secondary N) is 1. The number of hydrogen-bond acceptors (Lipinski definition) is 7. The van der Waals surface area contributed by atoms with Crippen molar-refractivity contribution in [1.29, 1.82) is 5.26 Å². The van der Waals surface area contributed by atoms with Gasteiger partial charge in [-0.2, -0.15) is 5.26 Å². The van der Waals surface area contributed by atoms with Gasteiger partial charge < -0.3 is 19.6 Å². The number of benzene rings is 1. The molecular weight excluding hydrogens is 346 g/mol. The molecule has 0 amide bonds. The van der Waals surface area contributed by atoms with Crippen LogP contribution in [0.3, 0.4) is 0 Å². The Kier molecular flexibility index (Phi) is 5.22. The Balaban J connectivity index is 2.87. The van der Waals surface area contributed by atoms with Crippen molar-refractivity contribution in [2.24, 2.45) is 0 Å². The first-order valence-corrected chi connectivity index (χ1v) is 7.13. The first-order valence-electron chi connectivity index (χ1n) is 7.13. The number of pyridine rings is 1. The van der Waals surface area contributed by atoms with Crippen LogP contribution in [0.15, 0.2) is 23.0 Å². The van der Waals surface area contributed by atoms with Crippen LogP contribution in [-0.2, 0) is 4.79 Å². The van der Waals surface area contributed by atoms with Gasteiger partial charge in [-0.1, -0.05) is 0 Å². The predicted octanol–water partition coefficient (Wildman–Crippen LogP) is 1.60. The summed E-state index contributed by atoms with van der Waals surface area (Å²) in [6, 6.07) is 5.33. The molecule has 1 aromatic carbocycles. The monoisotopic (exact) mass is 359 g/mol. The SMILES string of the molecule is COc1cc([N+](=O)[O-])cc(-c2cc(C)[nH]c(=O)c2C#N)c1OCC(=O)O. The van der Waals surface area contributed by atoms with Gasteiger partial charge in [-0.3, -0.25) is 14.9 Å². The number of nitro groups is 1. The third kappa shape index (κ3) is 3.62. The lowest BCUT2D eigenvalue weighted by Crippen LogP contribution is -2.14. The molecule has 2 aromatic rings. The Bertz CT molecular complexity index is 989. The van der Waals surface area contributed by atoms with Crippen molar-refractivity contribution in [1.82, 2.24) is 4.98 Å². The van der Waals surface area contributed by atoms with E-state index in [1.165, 1.54) is 13.2 Å². The molecule has 0 aliphatic carbocycles. The number of aromatic nitrogens is 1. The summed E-state index contributed by atoms with van der Waals surface area (Å²) in [6.45, 7) is 0.823. The highest BCUT2D eigenvalue weighted by Crippen LogP contribution is 2.42. The van der Waals surface area contributed by atoms with Crippen LogP contribution >= 0.6 is 0 Å². The fourth-order valence-electron chi connectivity index (χ4n) is 2.34. The molecule has 0 unspecified atom stereocenters. The minimum atomic E-state index is -1.28. The molecule has 0 aliphatic rings. The van der Waals surface area contributed by atoms with Crippen molar-refractivity contribution >= 4 is 11.7 Å². The molecule has 0 atom stereocenters. The van der Waals surface area contributed by atoms with E-state index >= 15 is 0 Å². The molecule has 0 fully saturated rings. The van der Waals surface area contributed by atoms with E-state index in [9.17, 15) is 25.0 Å². The minimum Gasteiger partial charge on any atom is -0.493 e. The number of H-pyrrole nitrogens is 1. The van der Waals surface area contributed by atoms with Gasteiger partial charge in [-0.25, -0.2) is 4.79 Å². The maximum absolute atomic E-state index is 12.0. The Hall–Kier alpha value is -3.87. The third-order valence-corrected chi connectivity index (χ3v) is 3.38. The Morgan fingerprint density at radius 1 is 1.38 bits per heavy atom. The highest BCUT2D eigenvalue weighted by molar-refractivity contribution is 5.81. The first-order chi connectivity index (χ1) is 12.3. The molecule has 2 N–H and O–H groups in total. The van der Waals surface area contributed by atoms with Gasteiger partial charge in [0.05, 0.1) is 18.1 Å². The number of carbonyl (C=O) groups is 1. The number of aryl methyl sites for hydroxylation is 1. The van der Waals surface area contributed by atoms with Crippen LogP contribution in [0.2, 0.25) is 0 Å². The van der Waals surface area contributed by atoms with Crippen LogP contribution in [0.4, 0.5) is 5.69 Å². The molecule has 26 heavy (non-hydrogen) atoms. The average Bonchev–Trinajstić information content (AvgIpc) is 2.58. The summed E-state index contributed by atoms with van der Waals surface area (Å²) in [5, 5.41) is 29.3. The van der Waals surface area contributed by atoms with E-state index < -0.39 is 23.1 Å². The molecular formula is C16H13N3O7.